The van der Waals surface area contributed by atoms with Gasteiger partial charge in [-0.05, 0) is 44.9 Å². The monoisotopic (exact) mass is 279 g/mol. The van der Waals surface area contributed by atoms with Crippen LogP contribution in [0.4, 0.5) is 0 Å². The van der Waals surface area contributed by atoms with Gasteiger partial charge in [-0.2, -0.15) is 4.98 Å². The van der Waals surface area contributed by atoms with Gasteiger partial charge in [-0.1, -0.05) is 24.4 Å². The van der Waals surface area contributed by atoms with Gasteiger partial charge >= 0.3 is 0 Å². The molecule has 1 aromatic heterocycles. The molecular weight excluding hydrogens is 254 g/mol. The Balaban J connectivity index is 1.72. The van der Waals surface area contributed by atoms with Crippen LogP contribution in [0, 0.1) is 5.92 Å². The van der Waals surface area contributed by atoms with E-state index in [1.807, 2.05) is 6.92 Å². The Hall–Kier alpha value is -0.940. The number of ether oxygens (including phenoxy) is 1. The van der Waals surface area contributed by atoms with Crippen LogP contribution in [0.15, 0.2) is 4.52 Å². The average molecular weight is 279 g/mol. The van der Waals surface area contributed by atoms with Gasteiger partial charge in [-0.3, -0.25) is 0 Å². The topological polar surface area (TPSA) is 74.2 Å². The Morgan fingerprint density at radius 3 is 2.70 bits per heavy atom. The second-order valence-electron chi connectivity index (χ2n) is 6.42. The summed E-state index contributed by atoms with van der Waals surface area (Å²) < 4.78 is 11.3. The minimum Gasteiger partial charge on any atom is -0.367 e. The van der Waals surface area contributed by atoms with E-state index >= 15 is 0 Å². The Kier molecular flexibility index (Phi) is 4.08. The van der Waals surface area contributed by atoms with Crippen molar-refractivity contribution in [3.8, 4) is 0 Å². The molecule has 1 saturated heterocycles. The van der Waals surface area contributed by atoms with E-state index in [0.717, 1.165) is 25.9 Å². The molecule has 0 aromatic carbocycles. The number of nitrogens with two attached hydrogens (primary N) is 1. The van der Waals surface area contributed by atoms with E-state index in [-0.39, 0.29) is 6.04 Å². The summed E-state index contributed by atoms with van der Waals surface area (Å²) in [7, 11) is 0. The molecule has 2 N–H and O–H groups in total. The Morgan fingerprint density at radius 2 is 2.00 bits per heavy atom. The molecule has 112 valence electrons. The molecule has 0 bridgehead atoms. The molecule has 5 nitrogen and oxygen atoms in total. The average Bonchev–Trinajstić information content (AvgIpc) is 2.99. The van der Waals surface area contributed by atoms with Crippen molar-refractivity contribution in [1.29, 1.82) is 0 Å². The van der Waals surface area contributed by atoms with E-state index in [4.69, 9.17) is 15.0 Å². The van der Waals surface area contributed by atoms with Crippen molar-refractivity contribution >= 4 is 0 Å². The highest BCUT2D eigenvalue weighted by atomic mass is 16.5. The lowest BCUT2D eigenvalue weighted by atomic mass is 9.84. The summed E-state index contributed by atoms with van der Waals surface area (Å²) >= 11 is 0. The van der Waals surface area contributed by atoms with Crippen LogP contribution < -0.4 is 5.73 Å². The molecule has 2 heterocycles. The molecule has 2 atom stereocenters. The zero-order chi connectivity index (χ0) is 14.0. The van der Waals surface area contributed by atoms with Gasteiger partial charge in [0.05, 0.1) is 6.04 Å². The normalized spacial score (nSPS) is 30.3. The van der Waals surface area contributed by atoms with E-state index in [2.05, 4.69) is 10.1 Å². The van der Waals surface area contributed by atoms with Gasteiger partial charge in [0.25, 0.3) is 0 Å². The third-order valence-corrected chi connectivity index (χ3v) is 4.83. The van der Waals surface area contributed by atoms with Crippen molar-refractivity contribution in [2.45, 2.75) is 69.9 Å². The summed E-state index contributed by atoms with van der Waals surface area (Å²) in [6, 6.07) is -0.122. The Labute approximate surface area is 120 Å². The molecule has 1 aromatic rings. The first-order valence-electron chi connectivity index (χ1n) is 7.93. The zero-order valence-corrected chi connectivity index (χ0v) is 12.3. The van der Waals surface area contributed by atoms with E-state index in [0.29, 0.717) is 17.6 Å². The minimum atomic E-state index is -0.397. The Morgan fingerprint density at radius 1 is 1.20 bits per heavy atom. The Bertz CT molecular complexity index is 434. The number of nitrogens with zero attached hydrogens (tertiary/aromatic N) is 2. The molecule has 1 saturated carbocycles. The summed E-state index contributed by atoms with van der Waals surface area (Å²) in [5.74, 6) is 1.73. The predicted octanol–water partition coefficient (Wildman–Crippen LogP) is 3.07. The molecule has 5 heteroatoms. The van der Waals surface area contributed by atoms with Gasteiger partial charge in [0.2, 0.25) is 11.7 Å². The molecule has 0 radical (unpaired) electrons. The highest BCUT2D eigenvalue weighted by Gasteiger charge is 2.36. The number of rotatable bonds is 3. The van der Waals surface area contributed by atoms with Crippen molar-refractivity contribution in [2.24, 2.45) is 11.7 Å². The molecule has 3 rings (SSSR count). The fraction of sp³-hybridized carbons (Fsp3) is 0.867. The van der Waals surface area contributed by atoms with E-state index in [1.54, 1.807) is 0 Å². The summed E-state index contributed by atoms with van der Waals surface area (Å²) in [4.78, 5) is 4.55. The van der Waals surface area contributed by atoms with Gasteiger partial charge in [-0.25, -0.2) is 0 Å². The third-order valence-electron chi connectivity index (χ3n) is 4.83. The molecule has 1 aliphatic heterocycles. The van der Waals surface area contributed by atoms with Crippen LogP contribution in [0.25, 0.3) is 0 Å². The van der Waals surface area contributed by atoms with Crippen LogP contribution in [0.5, 0.6) is 0 Å². The molecule has 2 fully saturated rings. The zero-order valence-electron chi connectivity index (χ0n) is 12.3. The molecule has 2 aliphatic rings. The first-order valence-corrected chi connectivity index (χ1v) is 7.93. The van der Waals surface area contributed by atoms with Gasteiger partial charge in [0.15, 0.2) is 0 Å². The number of aromatic nitrogens is 2. The van der Waals surface area contributed by atoms with Crippen molar-refractivity contribution in [3.63, 3.8) is 0 Å². The van der Waals surface area contributed by atoms with E-state index in [9.17, 15) is 0 Å². The summed E-state index contributed by atoms with van der Waals surface area (Å²) in [6.45, 7) is 2.82. The van der Waals surface area contributed by atoms with E-state index in [1.165, 1.54) is 32.1 Å². The van der Waals surface area contributed by atoms with Crippen LogP contribution in [0.3, 0.4) is 0 Å². The van der Waals surface area contributed by atoms with Gasteiger partial charge in [0.1, 0.15) is 5.60 Å². The van der Waals surface area contributed by atoms with Crippen molar-refractivity contribution in [3.05, 3.63) is 11.7 Å². The first kappa shape index (κ1) is 14.0. The lowest BCUT2D eigenvalue weighted by Gasteiger charge is -2.30. The van der Waals surface area contributed by atoms with Crippen LogP contribution in [-0.4, -0.2) is 16.7 Å². The first-order chi connectivity index (χ1) is 9.69. The smallest absolute Gasteiger partial charge is 0.243 e. The van der Waals surface area contributed by atoms with Crippen LogP contribution in [0.2, 0.25) is 0 Å². The highest BCUT2D eigenvalue weighted by Crippen LogP contribution is 2.35. The fourth-order valence-corrected chi connectivity index (χ4v) is 3.39. The lowest BCUT2D eigenvalue weighted by molar-refractivity contribution is -0.0770. The summed E-state index contributed by atoms with van der Waals surface area (Å²) in [5, 5.41) is 4.14. The molecule has 1 aliphatic carbocycles. The molecule has 0 spiro atoms. The lowest BCUT2D eigenvalue weighted by Crippen LogP contribution is -2.31. The standard InChI is InChI=1S/C15H25N3O2/c1-15(9-5-6-10-19-15)14-17-13(20-18-14)12(16)11-7-3-2-4-8-11/h11-12H,2-10,16H2,1H3. The second kappa shape index (κ2) is 5.82. The minimum absolute atomic E-state index is 0.122. The maximum Gasteiger partial charge on any atom is 0.243 e. The van der Waals surface area contributed by atoms with Gasteiger partial charge < -0.3 is 15.0 Å². The van der Waals surface area contributed by atoms with Crippen LogP contribution in [0.1, 0.15) is 76.0 Å². The third kappa shape index (κ3) is 2.74. The number of hydrogen-bond donors (Lipinski definition) is 1. The summed E-state index contributed by atoms with van der Waals surface area (Å²) in [6.07, 6.45) is 9.41. The van der Waals surface area contributed by atoms with E-state index < -0.39 is 5.60 Å². The van der Waals surface area contributed by atoms with Crippen molar-refractivity contribution < 1.29 is 9.26 Å². The molecular formula is C15H25N3O2. The predicted molar refractivity (Wildman–Crippen MR) is 75.0 cm³/mol. The molecule has 0 amide bonds. The highest BCUT2D eigenvalue weighted by molar-refractivity contribution is 5.03. The van der Waals surface area contributed by atoms with Crippen LogP contribution in [-0.2, 0) is 10.3 Å². The fourth-order valence-electron chi connectivity index (χ4n) is 3.39. The quantitative estimate of drug-likeness (QED) is 0.920. The molecule has 20 heavy (non-hydrogen) atoms. The van der Waals surface area contributed by atoms with Crippen molar-refractivity contribution in [2.75, 3.05) is 6.61 Å². The maximum atomic E-state index is 6.32. The summed E-state index contributed by atoms with van der Waals surface area (Å²) in [5.41, 5.74) is 5.92. The second-order valence-corrected chi connectivity index (χ2v) is 6.42. The van der Waals surface area contributed by atoms with Gasteiger partial charge in [0, 0.05) is 6.61 Å². The molecule has 2 unspecified atom stereocenters. The maximum absolute atomic E-state index is 6.32. The van der Waals surface area contributed by atoms with Gasteiger partial charge in [-0.15, -0.1) is 0 Å². The number of hydrogen-bond acceptors (Lipinski definition) is 5. The van der Waals surface area contributed by atoms with Crippen molar-refractivity contribution in [1.82, 2.24) is 10.1 Å². The van der Waals surface area contributed by atoms with Crippen LogP contribution >= 0.6 is 0 Å². The largest absolute Gasteiger partial charge is 0.367 e. The SMILES string of the molecule is CC1(c2noc(C(N)C3CCCCC3)n2)CCCCO1.